The van der Waals surface area contributed by atoms with Gasteiger partial charge in [0.05, 0.1) is 24.6 Å². The van der Waals surface area contributed by atoms with Crippen LogP contribution in [0.3, 0.4) is 0 Å². The van der Waals surface area contributed by atoms with Crippen LogP contribution in [0, 0.1) is 0 Å². The van der Waals surface area contributed by atoms with Crippen molar-refractivity contribution < 1.29 is 4.74 Å². The summed E-state index contributed by atoms with van der Waals surface area (Å²) in [4.78, 5) is 17.3. The fourth-order valence-corrected chi connectivity index (χ4v) is 2.18. The van der Waals surface area contributed by atoms with E-state index in [2.05, 4.69) is 25.3 Å². The molecule has 21 heavy (non-hydrogen) atoms. The zero-order valence-electron chi connectivity index (χ0n) is 12.2. The van der Waals surface area contributed by atoms with Gasteiger partial charge in [-0.2, -0.15) is 15.0 Å². The number of benzene rings is 1. The first-order valence-electron chi connectivity index (χ1n) is 6.58. The average Bonchev–Trinajstić information content (AvgIpc) is 2.83. The molecule has 3 aromatic rings. The zero-order valence-corrected chi connectivity index (χ0v) is 12.2. The number of methoxy groups -OCH3 is 1. The number of nitrogens with one attached hydrogen (secondary N) is 1. The van der Waals surface area contributed by atoms with E-state index in [1.807, 2.05) is 35.9 Å². The van der Waals surface area contributed by atoms with Gasteiger partial charge in [0.25, 0.3) is 0 Å². The van der Waals surface area contributed by atoms with Gasteiger partial charge in [-0.3, -0.25) is 0 Å². The lowest BCUT2D eigenvalue weighted by Crippen LogP contribution is -2.08. The molecule has 0 saturated heterocycles. The molecular formula is C14H16N6O. The standard InChI is InChI=1S/C14H16N6O/c1-15-13-17-11(18-14(19-13)21-3)8-12-16-9-6-4-5-7-10(9)20(12)2/h4-7H,8H2,1-3H3,(H,15,17,18,19). The summed E-state index contributed by atoms with van der Waals surface area (Å²) in [5.74, 6) is 1.99. The van der Waals surface area contributed by atoms with Crippen molar-refractivity contribution in [3.8, 4) is 6.01 Å². The van der Waals surface area contributed by atoms with Crippen LogP contribution in [-0.4, -0.2) is 38.7 Å². The van der Waals surface area contributed by atoms with E-state index in [4.69, 9.17) is 4.74 Å². The maximum atomic E-state index is 5.09. The molecule has 108 valence electrons. The number of fused-ring (bicyclic) bond motifs is 1. The summed E-state index contributed by atoms with van der Waals surface area (Å²) in [6.45, 7) is 0. The minimum atomic E-state index is 0.295. The number of aromatic nitrogens is 5. The van der Waals surface area contributed by atoms with Crippen LogP contribution in [0.4, 0.5) is 5.95 Å². The van der Waals surface area contributed by atoms with Gasteiger partial charge in [-0.05, 0) is 12.1 Å². The first-order valence-corrected chi connectivity index (χ1v) is 6.58. The molecule has 7 nitrogen and oxygen atoms in total. The van der Waals surface area contributed by atoms with Crippen LogP contribution < -0.4 is 10.1 Å². The summed E-state index contributed by atoms with van der Waals surface area (Å²) in [5.41, 5.74) is 2.05. The summed E-state index contributed by atoms with van der Waals surface area (Å²) < 4.78 is 7.14. The van der Waals surface area contributed by atoms with Gasteiger partial charge >= 0.3 is 6.01 Å². The Hall–Kier alpha value is -2.70. The normalized spacial score (nSPS) is 10.8. The number of rotatable bonds is 4. The van der Waals surface area contributed by atoms with Gasteiger partial charge in [-0.1, -0.05) is 12.1 Å². The molecule has 0 aliphatic rings. The van der Waals surface area contributed by atoms with Crippen LogP contribution in [0.5, 0.6) is 6.01 Å². The van der Waals surface area contributed by atoms with Crippen LogP contribution in [0.25, 0.3) is 11.0 Å². The molecule has 0 saturated carbocycles. The summed E-state index contributed by atoms with van der Waals surface area (Å²) in [5, 5.41) is 2.90. The van der Waals surface area contributed by atoms with Crippen molar-refractivity contribution >= 4 is 17.0 Å². The molecule has 0 aliphatic carbocycles. The molecule has 0 fully saturated rings. The fourth-order valence-electron chi connectivity index (χ4n) is 2.18. The summed E-state index contributed by atoms with van der Waals surface area (Å²) in [7, 11) is 5.28. The second-order valence-electron chi connectivity index (χ2n) is 4.56. The van der Waals surface area contributed by atoms with E-state index in [0.717, 1.165) is 16.9 Å². The van der Waals surface area contributed by atoms with Gasteiger partial charge in [-0.25, -0.2) is 4.98 Å². The number of hydrogen-bond acceptors (Lipinski definition) is 6. The molecule has 1 aromatic carbocycles. The van der Waals surface area contributed by atoms with E-state index in [0.29, 0.717) is 24.2 Å². The molecule has 0 amide bonds. The first kappa shape index (κ1) is 13.3. The summed E-state index contributed by atoms with van der Waals surface area (Å²) >= 11 is 0. The third-order valence-electron chi connectivity index (χ3n) is 3.26. The average molecular weight is 284 g/mol. The van der Waals surface area contributed by atoms with Crippen LogP contribution in [0.15, 0.2) is 24.3 Å². The van der Waals surface area contributed by atoms with Gasteiger partial charge in [-0.15, -0.1) is 0 Å². The molecule has 0 unspecified atom stereocenters. The van der Waals surface area contributed by atoms with Gasteiger partial charge in [0.15, 0.2) is 0 Å². The van der Waals surface area contributed by atoms with Gasteiger partial charge in [0.1, 0.15) is 11.6 Å². The molecular weight excluding hydrogens is 268 g/mol. The smallest absolute Gasteiger partial charge is 0.321 e. The highest BCUT2D eigenvalue weighted by Crippen LogP contribution is 2.17. The molecule has 3 rings (SSSR count). The van der Waals surface area contributed by atoms with Gasteiger partial charge in [0.2, 0.25) is 5.95 Å². The van der Waals surface area contributed by atoms with Crippen LogP contribution in [0.1, 0.15) is 11.6 Å². The maximum absolute atomic E-state index is 5.09. The van der Waals surface area contributed by atoms with Crippen LogP contribution in [0.2, 0.25) is 0 Å². The molecule has 0 spiro atoms. The molecule has 2 heterocycles. The Kier molecular flexibility index (Phi) is 3.39. The third-order valence-corrected chi connectivity index (χ3v) is 3.26. The minimum Gasteiger partial charge on any atom is -0.467 e. The summed E-state index contributed by atoms with van der Waals surface area (Å²) in [6, 6.07) is 8.30. The van der Waals surface area contributed by atoms with Crippen molar-refractivity contribution in [1.29, 1.82) is 0 Å². The number of ether oxygens (including phenoxy) is 1. The second kappa shape index (κ2) is 5.35. The Bertz CT molecular complexity index is 760. The molecule has 0 aliphatic heterocycles. The Morgan fingerprint density at radius 1 is 1.14 bits per heavy atom. The predicted octanol–water partition coefficient (Wildman–Crippen LogP) is 1.40. The Morgan fingerprint density at radius 3 is 2.67 bits per heavy atom. The number of para-hydroxylation sites is 2. The molecule has 7 heteroatoms. The third kappa shape index (κ3) is 2.49. The predicted molar refractivity (Wildman–Crippen MR) is 79.4 cm³/mol. The van der Waals surface area contributed by atoms with Crippen molar-refractivity contribution in [2.45, 2.75) is 6.42 Å². The Morgan fingerprint density at radius 2 is 1.95 bits per heavy atom. The Labute approximate surface area is 122 Å². The molecule has 1 N–H and O–H groups in total. The van der Waals surface area contributed by atoms with Crippen molar-refractivity contribution in [3.63, 3.8) is 0 Å². The highest BCUT2D eigenvalue weighted by molar-refractivity contribution is 5.75. The first-order chi connectivity index (χ1) is 10.2. The van der Waals surface area contributed by atoms with E-state index in [1.165, 1.54) is 7.11 Å². The zero-order chi connectivity index (χ0) is 14.8. The quantitative estimate of drug-likeness (QED) is 0.780. The van der Waals surface area contributed by atoms with E-state index in [-0.39, 0.29) is 0 Å². The van der Waals surface area contributed by atoms with E-state index < -0.39 is 0 Å². The number of nitrogens with zero attached hydrogens (tertiary/aromatic N) is 5. The Balaban J connectivity index is 2.00. The van der Waals surface area contributed by atoms with Crippen LogP contribution in [-0.2, 0) is 13.5 Å². The number of imidazole rings is 1. The van der Waals surface area contributed by atoms with E-state index >= 15 is 0 Å². The highest BCUT2D eigenvalue weighted by atomic mass is 16.5. The molecule has 0 radical (unpaired) electrons. The second-order valence-corrected chi connectivity index (χ2v) is 4.56. The summed E-state index contributed by atoms with van der Waals surface area (Å²) in [6.07, 6.45) is 0.513. The van der Waals surface area contributed by atoms with Crippen molar-refractivity contribution in [3.05, 3.63) is 35.9 Å². The molecule has 0 bridgehead atoms. The number of anilines is 1. The van der Waals surface area contributed by atoms with Crippen molar-refractivity contribution in [2.75, 3.05) is 19.5 Å². The van der Waals surface area contributed by atoms with E-state index in [1.54, 1.807) is 7.05 Å². The molecule has 2 aromatic heterocycles. The number of aryl methyl sites for hydroxylation is 1. The SMILES string of the molecule is CNc1nc(Cc2nc3ccccc3n2C)nc(OC)n1. The minimum absolute atomic E-state index is 0.295. The lowest BCUT2D eigenvalue weighted by molar-refractivity contribution is 0.376. The van der Waals surface area contributed by atoms with Crippen LogP contribution >= 0.6 is 0 Å². The highest BCUT2D eigenvalue weighted by Gasteiger charge is 2.12. The monoisotopic (exact) mass is 284 g/mol. The molecule has 0 atom stereocenters. The lowest BCUT2D eigenvalue weighted by atomic mass is 10.3. The fraction of sp³-hybridized carbons (Fsp3) is 0.286. The topological polar surface area (TPSA) is 77.8 Å². The largest absolute Gasteiger partial charge is 0.467 e. The van der Waals surface area contributed by atoms with Gasteiger partial charge in [0, 0.05) is 14.1 Å². The number of hydrogen-bond donors (Lipinski definition) is 1. The van der Waals surface area contributed by atoms with E-state index in [9.17, 15) is 0 Å². The maximum Gasteiger partial charge on any atom is 0.321 e. The van der Waals surface area contributed by atoms with Crippen molar-refractivity contribution in [1.82, 2.24) is 24.5 Å². The van der Waals surface area contributed by atoms with Crippen molar-refractivity contribution in [2.24, 2.45) is 7.05 Å². The van der Waals surface area contributed by atoms with Gasteiger partial charge < -0.3 is 14.6 Å². The lowest BCUT2D eigenvalue weighted by Gasteiger charge is -2.06.